The van der Waals surface area contributed by atoms with E-state index in [1.807, 2.05) is 54.6 Å². The molecule has 0 fully saturated rings. The SMILES string of the molecule is O=C1Nc2cc(Nc3cc(-c4n[nH]c(-c5ccccc5)n4)ccc3F)ccc2C1=Cc1ccc[nH]1. The van der Waals surface area contributed by atoms with Crippen LogP contribution in [0, 0.1) is 5.82 Å². The van der Waals surface area contributed by atoms with Crippen molar-refractivity contribution < 1.29 is 9.18 Å². The summed E-state index contributed by atoms with van der Waals surface area (Å²) in [6, 6.07) is 23.5. The molecule has 1 aliphatic heterocycles. The molecule has 0 atom stereocenters. The van der Waals surface area contributed by atoms with Gasteiger partial charge in [-0.05, 0) is 48.5 Å². The smallest absolute Gasteiger partial charge is 0.256 e. The summed E-state index contributed by atoms with van der Waals surface area (Å²) in [4.78, 5) is 20.1. The van der Waals surface area contributed by atoms with Crippen LogP contribution in [0.2, 0.25) is 0 Å². The number of hydrogen-bond donors (Lipinski definition) is 4. The van der Waals surface area contributed by atoms with Crippen molar-refractivity contribution in [3.63, 3.8) is 0 Å². The largest absolute Gasteiger partial charge is 0.362 e. The molecule has 8 heteroatoms. The number of benzene rings is 3. The molecule has 0 spiro atoms. The van der Waals surface area contributed by atoms with E-state index < -0.39 is 5.82 Å². The van der Waals surface area contributed by atoms with Crippen LogP contribution in [0.1, 0.15) is 11.3 Å². The molecule has 5 aromatic rings. The Balaban J connectivity index is 1.27. The lowest BCUT2D eigenvalue weighted by Gasteiger charge is -2.10. The molecule has 7 nitrogen and oxygen atoms in total. The highest BCUT2D eigenvalue weighted by Gasteiger charge is 2.24. The van der Waals surface area contributed by atoms with Gasteiger partial charge in [0.25, 0.3) is 5.91 Å². The lowest BCUT2D eigenvalue weighted by molar-refractivity contribution is -0.110. The van der Waals surface area contributed by atoms with E-state index in [1.54, 1.807) is 30.5 Å². The van der Waals surface area contributed by atoms with E-state index in [9.17, 15) is 9.18 Å². The molecule has 0 saturated heterocycles. The van der Waals surface area contributed by atoms with Crippen molar-refractivity contribution in [3.8, 4) is 22.8 Å². The summed E-state index contributed by atoms with van der Waals surface area (Å²) in [7, 11) is 0. The Hall–Kier alpha value is -4.98. The second-order valence-corrected chi connectivity index (χ2v) is 8.09. The quantitative estimate of drug-likeness (QED) is 0.247. The van der Waals surface area contributed by atoms with Gasteiger partial charge in [-0.1, -0.05) is 36.4 Å². The van der Waals surface area contributed by atoms with Crippen LogP contribution in [0.3, 0.4) is 0 Å². The summed E-state index contributed by atoms with van der Waals surface area (Å²) in [6.45, 7) is 0. The number of halogens is 1. The number of fused-ring (bicyclic) bond motifs is 1. The minimum atomic E-state index is -0.413. The number of nitrogens with zero attached hydrogens (tertiary/aromatic N) is 2. The van der Waals surface area contributed by atoms with Gasteiger partial charge in [0.1, 0.15) is 5.82 Å². The Morgan fingerprint density at radius 3 is 2.63 bits per heavy atom. The minimum absolute atomic E-state index is 0.182. The van der Waals surface area contributed by atoms with Gasteiger partial charge in [0.05, 0.1) is 16.9 Å². The molecule has 1 aliphatic rings. The highest BCUT2D eigenvalue weighted by Crippen LogP contribution is 2.36. The zero-order valence-electron chi connectivity index (χ0n) is 18.3. The van der Waals surface area contributed by atoms with Gasteiger partial charge >= 0.3 is 0 Å². The first kappa shape index (κ1) is 20.6. The fraction of sp³-hybridized carbons (Fsp3) is 0. The summed E-state index contributed by atoms with van der Waals surface area (Å²) in [6.07, 6.45) is 3.61. The first-order valence-electron chi connectivity index (χ1n) is 11.0. The third-order valence-electron chi connectivity index (χ3n) is 5.76. The van der Waals surface area contributed by atoms with Crippen LogP contribution in [0.15, 0.2) is 85.1 Å². The molecule has 35 heavy (non-hydrogen) atoms. The van der Waals surface area contributed by atoms with Gasteiger partial charge < -0.3 is 15.6 Å². The van der Waals surface area contributed by atoms with Crippen LogP contribution < -0.4 is 10.6 Å². The molecule has 3 heterocycles. The molecular weight excluding hydrogens is 443 g/mol. The molecule has 0 bridgehead atoms. The fourth-order valence-corrected chi connectivity index (χ4v) is 4.04. The van der Waals surface area contributed by atoms with Gasteiger partial charge in [0.15, 0.2) is 11.6 Å². The van der Waals surface area contributed by atoms with E-state index >= 15 is 0 Å². The summed E-state index contributed by atoms with van der Waals surface area (Å²) >= 11 is 0. The fourth-order valence-electron chi connectivity index (χ4n) is 4.04. The summed E-state index contributed by atoms with van der Waals surface area (Å²) < 4.78 is 14.7. The molecule has 1 amide bonds. The standard InChI is InChI=1S/C27H19FN6O/c28-22-11-8-17(26-32-25(33-34-26)16-5-2-1-3-6-16)13-24(22)30-19-9-10-20-21(14-18-7-4-12-29-18)27(35)31-23(20)15-19/h1-15,29-30H,(H,31,35)(H,32,33,34). The molecule has 2 aromatic heterocycles. The van der Waals surface area contributed by atoms with Gasteiger partial charge in [-0.25, -0.2) is 9.37 Å². The zero-order valence-corrected chi connectivity index (χ0v) is 18.3. The van der Waals surface area contributed by atoms with Gasteiger partial charge in [-0.3, -0.25) is 9.89 Å². The maximum Gasteiger partial charge on any atom is 0.256 e. The molecule has 170 valence electrons. The van der Waals surface area contributed by atoms with Crippen LogP contribution in [0.5, 0.6) is 0 Å². The highest BCUT2D eigenvalue weighted by atomic mass is 19.1. The van der Waals surface area contributed by atoms with E-state index in [0.717, 1.165) is 16.8 Å². The van der Waals surface area contributed by atoms with Gasteiger partial charge in [-0.15, -0.1) is 0 Å². The van der Waals surface area contributed by atoms with Crippen LogP contribution in [-0.2, 0) is 4.79 Å². The summed E-state index contributed by atoms with van der Waals surface area (Å²) in [5, 5.41) is 13.2. The van der Waals surface area contributed by atoms with Crippen molar-refractivity contribution in [1.82, 2.24) is 20.2 Å². The van der Waals surface area contributed by atoms with Crippen LogP contribution >= 0.6 is 0 Å². The Morgan fingerprint density at radius 2 is 1.80 bits per heavy atom. The van der Waals surface area contributed by atoms with Crippen LogP contribution in [0.4, 0.5) is 21.5 Å². The average molecular weight is 462 g/mol. The number of H-pyrrole nitrogens is 2. The van der Waals surface area contributed by atoms with Crippen molar-refractivity contribution in [2.24, 2.45) is 0 Å². The van der Waals surface area contributed by atoms with Crippen molar-refractivity contribution in [3.05, 3.63) is 102 Å². The molecule has 3 aromatic carbocycles. The van der Waals surface area contributed by atoms with Crippen LogP contribution in [0.25, 0.3) is 34.4 Å². The normalized spacial score (nSPS) is 13.6. The molecule has 0 radical (unpaired) electrons. The van der Waals surface area contributed by atoms with E-state index in [2.05, 4.69) is 30.8 Å². The molecule has 4 N–H and O–H groups in total. The summed E-state index contributed by atoms with van der Waals surface area (Å²) in [5.41, 5.74) is 5.36. The lowest BCUT2D eigenvalue weighted by atomic mass is 10.1. The zero-order chi connectivity index (χ0) is 23.8. The number of anilines is 3. The Bertz CT molecular complexity index is 1570. The van der Waals surface area contributed by atoms with Crippen molar-refractivity contribution in [2.45, 2.75) is 0 Å². The predicted octanol–water partition coefficient (Wildman–Crippen LogP) is 5.84. The van der Waals surface area contributed by atoms with E-state index in [4.69, 9.17) is 0 Å². The number of aromatic amines is 2. The third-order valence-corrected chi connectivity index (χ3v) is 5.76. The van der Waals surface area contributed by atoms with E-state index in [1.165, 1.54) is 6.07 Å². The number of rotatable bonds is 5. The number of carbonyl (C=O) groups is 1. The predicted molar refractivity (Wildman–Crippen MR) is 134 cm³/mol. The van der Waals surface area contributed by atoms with Gasteiger partial charge in [0.2, 0.25) is 0 Å². The second kappa shape index (κ2) is 8.42. The Kier molecular flexibility index (Phi) is 4.96. The van der Waals surface area contributed by atoms with Gasteiger partial charge in [-0.2, -0.15) is 5.10 Å². The van der Waals surface area contributed by atoms with E-state index in [0.29, 0.717) is 34.2 Å². The Labute approximate surface area is 199 Å². The molecule has 6 rings (SSSR count). The monoisotopic (exact) mass is 462 g/mol. The number of nitrogens with one attached hydrogen (secondary N) is 4. The topological polar surface area (TPSA) is 98.5 Å². The van der Waals surface area contributed by atoms with Crippen molar-refractivity contribution in [2.75, 3.05) is 10.6 Å². The summed E-state index contributed by atoms with van der Waals surface area (Å²) in [5.74, 6) is 0.507. The lowest BCUT2D eigenvalue weighted by Crippen LogP contribution is -2.03. The maximum atomic E-state index is 14.7. The molecule has 0 unspecified atom stereocenters. The second-order valence-electron chi connectivity index (χ2n) is 8.09. The number of hydrogen-bond acceptors (Lipinski definition) is 4. The Morgan fingerprint density at radius 1 is 0.914 bits per heavy atom. The molecular formula is C27H19FN6O. The molecule has 0 aliphatic carbocycles. The highest BCUT2D eigenvalue weighted by molar-refractivity contribution is 6.35. The van der Waals surface area contributed by atoms with Gasteiger partial charge in [0, 0.05) is 34.3 Å². The van der Waals surface area contributed by atoms with Crippen LogP contribution in [-0.4, -0.2) is 26.1 Å². The number of carbonyl (C=O) groups excluding carboxylic acids is 1. The molecule has 0 saturated carbocycles. The number of amides is 1. The van der Waals surface area contributed by atoms with Crippen molar-refractivity contribution >= 4 is 34.6 Å². The maximum absolute atomic E-state index is 14.7. The third kappa shape index (κ3) is 3.97. The number of aromatic nitrogens is 4. The average Bonchev–Trinajstić information content (AvgIpc) is 3.63. The first-order chi connectivity index (χ1) is 17.1. The van der Waals surface area contributed by atoms with E-state index in [-0.39, 0.29) is 11.6 Å². The first-order valence-corrected chi connectivity index (χ1v) is 11.0. The van der Waals surface area contributed by atoms with Crippen molar-refractivity contribution in [1.29, 1.82) is 0 Å². The minimum Gasteiger partial charge on any atom is -0.362 e.